The molecule has 1 unspecified atom stereocenters. The fraction of sp³-hybridized carbons (Fsp3) is 0.846. The molecule has 0 aromatic rings. The number of hydrogen-bond acceptors (Lipinski definition) is 4. The van der Waals surface area contributed by atoms with E-state index in [-0.39, 0.29) is 12.8 Å². The Morgan fingerprint density at radius 3 is 2.25 bits per heavy atom. The second-order valence-electron chi connectivity index (χ2n) is 5.48. The molecule has 20 heavy (non-hydrogen) atoms. The van der Waals surface area contributed by atoms with Gasteiger partial charge in [-0.15, -0.1) is 0 Å². The van der Waals surface area contributed by atoms with Crippen molar-refractivity contribution in [3.8, 4) is 0 Å². The van der Waals surface area contributed by atoms with Gasteiger partial charge < -0.3 is 10.4 Å². The molecule has 0 aromatic heterocycles. The van der Waals surface area contributed by atoms with Gasteiger partial charge >= 0.3 is 5.97 Å². The maximum Gasteiger partial charge on any atom is 0.326 e. The van der Waals surface area contributed by atoms with Crippen LogP contribution < -0.4 is 5.32 Å². The van der Waals surface area contributed by atoms with Crippen molar-refractivity contribution in [2.24, 2.45) is 0 Å². The number of sulfone groups is 1. The van der Waals surface area contributed by atoms with Crippen LogP contribution in [0.1, 0.15) is 51.9 Å². The van der Waals surface area contributed by atoms with Crippen molar-refractivity contribution >= 4 is 21.7 Å². The topological polar surface area (TPSA) is 101 Å². The lowest BCUT2D eigenvalue weighted by Crippen LogP contribution is -2.54. The molecule has 1 saturated carbocycles. The van der Waals surface area contributed by atoms with Gasteiger partial charge in [0.2, 0.25) is 5.91 Å². The third-order valence-corrected chi connectivity index (χ3v) is 6.00. The maximum atomic E-state index is 12.3. The zero-order valence-electron chi connectivity index (χ0n) is 12.0. The van der Waals surface area contributed by atoms with Crippen LogP contribution in [-0.4, -0.2) is 42.4 Å². The number of aliphatic carboxylic acids is 1. The molecule has 116 valence electrons. The third kappa shape index (κ3) is 3.50. The lowest BCUT2D eigenvalue weighted by Gasteiger charge is -2.27. The van der Waals surface area contributed by atoms with E-state index in [4.69, 9.17) is 5.11 Å². The molecule has 1 atom stereocenters. The number of amides is 1. The van der Waals surface area contributed by atoms with E-state index in [0.29, 0.717) is 25.7 Å². The molecule has 0 aromatic carbocycles. The first-order chi connectivity index (χ1) is 9.24. The van der Waals surface area contributed by atoms with E-state index in [2.05, 4.69) is 5.32 Å². The summed E-state index contributed by atoms with van der Waals surface area (Å²) in [6.07, 6.45) is 4.76. The minimum atomic E-state index is -3.56. The Balaban J connectivity index is 2.88. The molecule has 0 aliphatic heterocycles. The Morgan fingerprint density at radius 2 is 1.85 bits per heavy atom. The normalized spacial score (nSPS) is 19.5. The summed E-state index contributed by atoms with van der Waals surface area (Å²) in [4.78, 5) is 23.5. The minimum absolute atomic E-state index is 0.276. The molecule has 1 rings (SSSR count). The summed E-state index contributed by atoms with van der Waals surface area (Å²) in [5, 5.41) is 11.5. The predicted octanol–water partition coefficient (Wildman–Crippen LogP) is 1.10. The number of carbonyl (C=O) groups is 2. The highest BCUT2D eigenvalue weighted by atomic mass is 32.2. The van der Waals surface area contributed by atoms with Gasteiger partial charge in [0.15, 0.2) is 9.84 Å². The number of carboxylic acids is 1. The highest BCUT2D eigenvalue weighted by Gasteiger charge is 2.50. The first-order valence-corrected chi connectivity index (χ1v) is 8.87. The number of carboxylic acid groups (broad SMARTS) is 1. The van der Waals surface area contributed by atoms with E-state index in [1.165, 1.54) is 0 Å². The van der Waals surface area contributed by atoms with Gasteiger partial charge in [-0.2, -0.15) is 0 Å². The summed E-state index contributed by atoms with van der Waals surface area (Å²) in [7, 11) is -3.56. The molecule has 0 radical (unpaired) electrons. The molecule has 1 aliphatic rings. The van der Waals surface area contributed by atoms with E-state index in [1.807, 2.05) is 6.92 Å². The van der Waals surface area contributed by atoms with Crippen LogP contribution in [0.25, 0.3) is 0 Å². The highest BCUT2D eigenvalue weighted by Crippen LogP contribution is 2.36. The summed E-state index contributed by atoms with van der Waals surface area (Å²) in [6.45, 7) is 1.93. The molecule has 6 nitrogen and oxygen atoms in total. The Bertz CT molecular complexity index is 465. The van der Waals surface area contributed by atoms with E-state index < -0.39 is 32.5 Å². The summed E-state index contributed by atoms with van der Waals surface area (Å²) in [5.41, 5.74) is 0. The number of rotatable bonds is 7. The van der Waals surface area contributed by atoms with Crippen LogP contribution in [0.5, 0.6) is 0 Å². The highest BCUT2D eigenvalue weighted by molar-refractivity contribution is 7.92. The van der Waals surface area contributed by atoms with E-state index in [1.54, 1.807) is 0 Å². The number of hydrogen-bond donors (Lipinski definition) is 2. The molecule has 7 heteroatoms. The molecule has 0 spiro atoms. The zero-order valence-corrected chi connectivity index (χ0v) is 12.8. The Morgan fingerprint density at radius 1 is 1.30 bits per heavy atom. The summed E-state index contributed by atoms with van der Waals surface area (Å²) < 4.78 is 22.5. The monoisotopic (exact) mass is 305 g/mol. The Labute approximate surface area is 119 Å². The molecular weight excluding hydrogens is 282 g/mol. The van der Waals surface area contributed by atoms with Gasteiger partial charge in [-0.3, -0.25) is 4.79 Å². The van der Waals surface area contributed by atoms with Crippen molar-refractivity contribution in [3.63, 3.8) is 0 Å². The van der Waals surface area contributed by atoms with E-state index >= 15 is 0 Å². The van der Waals surface area contributed by atoms with Gasteiger partial charge in [0.05, 0.1) is 0 Å². The number of carbonyl (C=O) groups excluding carboxylic acids is 1. The second-order valence-corrected chi connectivity index (χ2v) is 7.81. The average molecular weight is 305 g/mol. The van der Waals surface area contributed by atoms with Crippen molar-refractivity contribution in [1.29, 1.82) is 0 Å². The van der Waals surface area contributed by atoms with Gasteiger partial charge in [0, 0.05) is 6.26 Å². The van der Waals surface area contributed by atoms with Gasteiger partial charge in [-0.05, 0) is 19.3 Å². The minimum Gasteiger partial charge on any atom is -0.480 e. The van der Waals surface area contributed by atoms with Crippen LogP contribution in [0.15, 0.2) is 0 Å². The largest absolute Gasteiger partial charge is 0.480 e. The lowest BCUT2D eigenvalue weighted by molar-refractivity contribution is -0.142. The quantitative estimate of drug-likeness (QED) is 0.733. The van der Waals surface area contributed by atoms with Crippen LogP contribution in [0.4, 0.5) is 0 Å². The molecular formula is C13H23NO5S. The average Bonchev–Trinajstić information content (AvgIpc) is 2.83. The number of unbranched alkanes of at least 4 members (excludes halogenated alkanes) is 1. The lowest BCUT2D eigenvalue weighted by atomic mass is 10.0. The van der Waals surface area contributed by atoms with Crippen molar-refractivity contribution in [1.82, 2.24) is 5.32 Å². The van der Waals surface area contributed by atoms with Crippen LogP contribution in [0.2, 0.25) is 0 Å². The fourth-order valence-corrected chi connectivity index (χ4v) is 4.09. The zero-order chi connectivity index (χ0) is 15.4. The van der Waals surface area contributed by atoms with E-state index in [9.17, 15) is 18.0 Å². The first-order valence-electron chi connectivity index (χ1n) is 6.98. The summed E-state index contributed by atoms with van der Waals surface area (Å²) in [6, 6.07) is -1.01. The standard InChI is InChI=1S/C13H23NO5S/c1-3-4-7-10(11(15)16)14-12(17)13(20(2,18)19)8-5-6-9-13/h10H,3-9H2,1-2H3,(H,14,17)(H,15,16). The van der Waals surface area contributed by atoms with Crippen LogP contribution in [-0.2, 0) is 19.4 Å². The van der Waals surface area contributed by atoms with Gasteiger partial charge in [-0.25, -0.2) is 13.2 Å². The predicted molar refractivity (Wildman–Crippen MR) is 75.1 cm³/mol. The molecule has 2 N–H and O–H groups in total. The molecule has 1 aliphatic carbocycles. The van der Waals surface area contributed by atoms with Crippen molar-refractivity contribution in [2.45, 2.75) is 62.7 Å². The molecule has 0 saturated heterocycles. The van der Waals surface area contributed by atoms with Gasteiger partial charge in [0.1, 0.15) is 10.8 Å². The maximum absolute atomic E-state index is 12.3. The van der Waals surface area contributed by atoms with Gasteiger partial charge in [0.25, 0.3) is 0 Å². The van der Waals surface area contributed by atoms with Crippen molar-refractivity contribution < 1.29 is 23.1 Å². The molecule has 1 amide bonds. The number of nitrogens with one attached hydrogen (secondary N) is 1. The molecule has 1 fully saturated rings. The SMILES string of the molecule is CCCCC(NC(=O)C1(S(C)(=O)=O)CCCC1)C(=O)O. The Kier molecular flexibility index (Phi) is 5.56. The van der Waals surface area contributed by atoms with Crippen LogP contribution in [0.3, 0.4) is 0 Å². The summed E-state index contributed by atoms with van der Waals surface area (Å²) in [5.74, 6) is -1.77. The van der Waals surface area contributed by atoms with Crippen LogP contribution >= 0.6 is 0 Å². The van der Waals surface area contributed by atoms with Gasteiger partial charge in [-0.1, -0.05) is 32.6 Å². The molecule has 0 heterocycles. The molecule has 0 bridgehead atoms. The van der Waals surface area contributed by atoms with Crippen molar-refractivity contribution in [3.05, 3.63) is 0 Å². The third-order valence-electron chi connectivity index (χ3n) is 3.98. The Hall–Kier alpha value is -1.11. The first kappa shape index (κ1) is 16.9. The van der Waals surface area contributed by atoms with Crippen molar-refractivity contribution in [2.75, 3.05) is 6.26 Å². The second kappa shape index (κ2) is 6.56. The van der Waals surface area contributed by atoms with E-state index in [0.717, 1.165) is 12.7 Å². The fourth-order valence-electron chi connectivity index (χ4n) is 2.67. The van der Waals surface area contributed by atoms with Crippen LogP contribution in [0, 0.1) is 0 Å². The summed E-state index contributed by atoms with van der Waals surface area (Å²) >= 11 is 0. The smallest absolute Gasteiger partial charge is 0.326 e.